The molecule has 196 valence electrons. The van der Waals surface area contributed by atoms with E-state index < -0.39 is 14.1 Å². The molecule has 0 N–H and O–H groups in total. The lowest BCUT2D eigenvalue weighted by Crippen LogP contribution is -2.67. The van der Waals surface area contributed by atoms with Crippen LogP contribution in [0.5, 0.6) is 0 Å². The Morgan fingerprint density at radius 3 is 2.19 bits per heavy atom. The highest BCUT2D eigenvalue weighted by molar-refractivity contribution is 14.1. The Bertz CT molecular complexity index is 964. The Labute approximate surface area is 233 Å². The average molecular weight is 619 g/mol. The van der Waals surface area contributed by atoms with Crippen LogP contribution in [-0.4, -0.2) is 37.3 Å². The quantitative estimate of drug-likeness (QED) is 0.138. The highest BCUT2D eigenvalue weighted by Gasteiger charge is 2.51. The van der Waals surface area contributed by atoms with E-state index in [4.69, 9.17) is 13.9 Å². The van der Waals surface area contributed by atoms with Gasteiger partial charge < -0.3 is 13.9 Å². The fourth-order valence-electron chi connectivity index (χ4n) is 6.00. The lowest BCUT2D eigenvalue weighted by atomic mass is 9.93. The van der Waals surface area contributed by atoms with Crippen molar-refractivity contribution in [3.05, 3.63) is 72.3 Å². The molecule has 2 aliphatic heterocycles. The van der Waals surface area contributed by atoms with Gasteiger partial charge in [-0.05, 0) is 41.6 Å². The summed E-state index contributed by atoms with van der Waals surface area (Å²) >= 11 is 2.42. The molecular weight excluding hydrogens is 575 g/mol. The Hall–Kier alpha value is -0.993. The molecular formula is C31H43IO3Si. The van der Waals surface area contributed by atoms with E-state index in [-0.39, 0.29) is 23.2 Å². The van der Waals surface area contributed by atoms with Gasteiger partial charge in [-0.3, -0.25) is 0 Å². The summed E-state index contributed by atoms with van der Waals surface area (Å²) in [5, 5.41) is 2.64. The maximum atomic E-state index is 7.23. The van der Waals surface area contributed by atoms with E-state index in [1.807, 2.05) is 0 Å². The lowest BCUT2D eigenvalue weighted by molar-refractivity contribution is -0.274. The first-order valence-electron chi connectivity index (χ1n) is 13.5. The molecule has 0 saturated carbocycles. The van der Waals surface area contributed by atoms with Gasteiger partial charge in [0.15, 0.2) is 5.79 Å². The molecule has 0 bridgehead atoms. The highest BCUT2D eigenvalue weighted by atomic mass is 127. The first-order valence-corrected chi connectivity index (χ1v) is 17.0. The number of ether oxygens (including phenoxy) is 2. The second-order valence-electron chi connectivity index (χ2n) is 11.8. The monoisotopic (exact) mass is 618 g/mol. The third-order valence-electron chi connectivity index (χ3n) is 7.88. The molecule has 2 fully saturated rings. The van der Waals surface area contributed by atoms with Crippen molar-refractivity contribution in [3.8, 4) is 0 Å². The maximum Gasteiger partial charge on any atom is 0.261 e. The van der Waals surface area contributed by atoms with Crippen LogP contribution in [0.25, 0.3) is 0 Å². The fraction of sp³-hybridized carbons (Fsp3) is 0.548. The Kier molecular flexibility index (Phi) is 9.20. The zero-order valence-corrected chi connectivity index (χ0v) is 25.8. The summed E-state index contributed by atoms with van der Waals surface area (Å²) < 4.78 is 21.6. The van der Waals surface area contributed by atoms with Crippen LogP contribution >= 0.6 is 22.6 Å². The molecule has 4 rings (SSSR count). The third-order valence-corrected chi connectivity index (χ3v) is 14.1. The first-order chi connectivity index (χ1) is 17.2. The van der Waals surface area contributed by atoms with Crippen LogP contribution in [0.15, 0.2) is 72.3 Å². The second kappa shape index (κ2) is 11.8. The topological polar surface area (TPSA) is 27.7 Å². The minimum atomic E-state index is -2.54. The van der Waals surface area contributed by atoms with Crippen molar-refractivity contribution in [2.75, 3.05) is 11.0 Å². The van der Waals surface area contributed by atoms with Crippen LogP contribution in [-0.2, 0) is 13.9 Å². The van der Waals surface area contributed by atoms with Gasteiger partial charge in [0.1, 0.15) is 0 Å². The van der Waals surface area contributed by atoms with Crippen LogP contribution in [0.1, 0.15) is 66.7 Å². The van der Waals surface area contributed by atoms with E-state index in [0.717, 1.165) is 36.5 Å². The van der Waals surface area contributed by atoms with Gasteiger partial charge in [-0.25, -0.2) is 0 Å². The van der Waals surface area contributed by atoms with Gasteiger partial charge in [0.25, 0.3) is 8.32 Å². The van der Waals surface area contributed by atoms with E-state index in [0.29, 0.717) is 6.61 Å². The van der Waals surface area contributed by atoms with Gasteiger partial charge >= 0.3 is 0 Å². The summed E-state index contributed by atoms with van der Waals surface area (Å²) in [7, 11) is -2.54. The number of alkyl halides is 1. The molecule has 2 saturated heterocycles. The maximum absolute atomic E-state index is 7.23. The van der Waals surface area contributed by atoms with E-state index in [2.05, 4.69) is 124 Å². The molecule has 0 aliphatic carbocycles. The predicted molar refractivity (Wildman–Crippen MR) is 161 cm³/mol. The Morgan fingerprint density at radius 1 is 1.03 bits per heavy atom. The lowest BCUT2D eigenvalue weighted by Gasteiger charge is -2.45. The van der Waals surface area contributed by atoms with Gasteiger partial charge in [-0.2, -0.15) is 0 Å². The summed E-state index contributed by atoms with van der Waals surface area (Å²) in [6, 6.07) is 21.8. The molecule has 36 heavy (non-hydrogen) atoms. The smallest absolute Gasteiger partial charge is 0.261 e. The summed E-state index contributed by atoms with van der Waals surface area (Å²) in [4.78, 5) is 0. The largest absolute Gasteiger partial charge is 0.407 e. The van der Waals surface area contributed by atoms with Crippen molar-refractivity contribution in [2.24, 2.45) is 5.92 Å². The van der Waals surface area contributed by atoms with Gasteiger partial charge in [0.2, 0.25) is 0 Å². The molecule has 0 aromatic heterocycles. The number of hydrogen-bond acceptors (Lipinski definition) is 3. The minimum absolute atomic E-state index is 0.0191. The summed E-state index contributed by atoms with van der Waals surface area (Å²) in [6.45, 7) is 12.2. The highest BCUT2D eigenvalue weighted by Crippen LogP contribution is 2.43. The van der Waals surface area contributed by atoms with Crippen molar-refractivity contribution >= 4 is 41.3 Å². The van der Waals surface area contributed by atoms with Crippen molar-refractivity contribution in [1.82, 2.24) is 0 Å². The van der Waals surface area contributed by atoms with E-state index in [1.165, 1.54) is 15.9 Å². The number of benzene rings is 2. The molecule has 0 radical (unpaired) electrons. The molecule has 2 heterocycles. The van der Waals surface area contributed by atoms with Gasteiger partial charge in [-0.1, -0.05) is 123 Å². The van der Waals surface area contributed by atoms with Crippen molar-refractivity contribution in [3.63, 3.8) is 0 Å². The molecule has 0 amide bonds. The minimum Gasteiger partial charge on any atom is -0.407 e. The molecule has 2 aromatic rings. The molecule has 1 spiro atoms. The van der Waals surface area contributed by atoms with Gasteiger partial charge in [0, 0.05) is 29.8 Å². The number of rotatable bonds is 8. The van der Waals surface area contributed by atoms with Crippen LogP contribution in [0, 0.1) is 5.92 Å². The van der Waals surface area contributed by atoms with Crippen LogP contribution in [0.3, 0.4) is 0 Å². The molecule has 2 aromatic carbocycles. The normalized spacial score (nSPS) is 26.3. The molecule has 2 aliphatic rings. The first kappa shape index (κ1) is 28.0. The van der Waals surface area contributed by atoms with Crippen LogP contribution in [0.2, 0.25) is 5.04 Å². The predicted octanol–water partition coefficient (Wildman–Crippen LogP) is 7.02. The molecule has 3 nitrogen and oxygen atoms in total. The van der Waals surface area contributed by atoms with E-state index >= 15 is 0 Å². The zero-order valence-electron chi connectivity index (χ0n) is 22.6. The summed E-state index contributed by atoms with van der Waals surface area (Å²) in [5.41, 5.74) is 1.39. The summed E-state index contributed by atoms with van der Waals surface area (Å²) in [6.07, 6.45) is 7.89. The number of allylic oxidation sites excluding steroid dienone is 1. The number of hydrogen-bond donors (Lipinski definition) is 0. The van der Waals surface area contributed by atoms with Crippen molar-refractivity contribution < 1.29 is 13.9 Å². The molecule has 5 heteroatoms. The van der Waals surface area contributed by atoms with Crippen LogP contribution in [0.4, 0.5) is 0 Å². The van der Waals surface area contributed by atoms with E-state index in [1.54, 1.807) is 0 Å². The van der Waals surface area contributed by atoms with Crippen molar-refractivity contribution in [2.45, 2.75) is 89.8 Å². The average Bonchev–Trinajstić information content (AvgIpc) is 3.25. The third kappa shape index (κ3) is 6.01. The zero-order chi connectivity index (χ0) is 25.8. The molecule has 4 atom stereocenters. The van der Waals surface area contributed by atoms with Gasteiger partial charge in [0.05, 0.1) is 12.2 Å². The standard InChI is InChI=1S/C31H43IO3Si/c1-24(22-32)21-26-18-20-31(34-26)19-12-17-29(35-31)25(2)23-33-36(30(3,4)5,27-13-8-6-9-14-27)28-15-10-7-11-16-28/h6-11,13-16,21,25-26,29H,12,17-20,22-23H2,1-5H3/b24-21+/t25-,26-,29-,31-/m0/s1. The van der Waals surface area contributed by atoms with Crippen molar-refractivity contribution in [1.29, 1.82) is 0 Å². The SMILES string of the molecule is C/C(=C\[C@@H]1CC[C@@]2(CCC[C@@H]([C@@H](C)CO[Si](c3ccccc3)(c3ccccc3)C(C)(C)C)O2)O1)CI. The van der Waals surface area contributed by atoms with Gasteiger partial charge in [-0.15, -0.1) is 0 Å². The number of halogens is 1. The molecule has 0 unspecified atom stereocenters. The Morgan fingerprint density at radius 2 is 1.64 bits per heavy atom. The van der Waals surface area contributed by atoms with E-state index in [9.17, 15) is 0 Å². The fourth-order valence-corrected chi connectivity index (χ4v) is 10.9. The second-order valence-corrected chi connectivity index (χ2v) is 16.8. The Balaban J connectivity index is 1.53. The van der Waals surface area contributed by atoms with Crippen LogP contribution < -0.4 is 10.4 Å². The summed E-state index contributed by atoms with van der Waals surface area (Å²) in [5.74, 6) is -0.125.